The molecule has 0 aliphatic rings. The molecular formula is C7H7ClN2O4-2. The zero-order chi connectivity index (χ0) is 10.9. The van der Waals surface area contributed by atoms with Crippen molar-refractivity contribution in [1.29, 1.82) is 0 Å². The lowest BCUT2D eigenvalue weighted by molar-refractivity contribution is 0.0288. The third kappa shape index (κ3) is 2.06. The first kappa shape index (κ1) is 11.0. The lowest BCUT2D eigenvalue weighted by atomic mass is 10.1. The Morgan fingerprint density at radius 3 is 2.14 bits per heavy atom. The first-order chi connectivity index (χ1) is 6.43. The molecule has 0 atom stereocenters. The minimum Gasteiger partial charge on any atom is -0.769 e. The summed E-state index contributed by atoms with van der Waals surface area (Å²) < 4.78 is 0. The molecule has 0 bridgehead atoms. The molecule has 0 heterocycles. The maximum absolute atomic E-state index is 10.5. The summed E-state index contributed by atoms with van der Waals surface area (Å²) in [4.78, 5) is 0. The van der Waals surface area contributed by atoms with Gasteiger partial charge in [0.1, 0.15) is 5.69 Å². The fourth-order valence-corrected chi connectivity index (χ4v) is 1.25. The predicted octanol–water partition coefficient (Wildman–Crippen LogP) is 2.04. The smallest absolute Gasteiger partial charge is 0.101 e. The van der Waals surface area contributed by atoms with Crippen molar-refractivity contribution in [2.45, 2.75) is 6.92 Å². The Labute approximate surface area is 84.6 Å². The van der Waals surface area contributed by atoms with Gasteiger partial charge in [-0.1, -0.05) is 11.6 Å². The molecule has 2 N–H and O–H groups in total. The largest absolute Gasteiger partial charge is 0.769 e. The Balaban J connectivity index is 3.32. The Hall–Kier alpha value is -1.05. The van der Waals surface area contributed by atoms with Gasteiger partial charge in [0.2, 0.25) is 0 Å². The third-order valence-electron chi connectivity index (χ3n) is 1.73. The van der Waals surface area contributed by atoms with Crippen molar-refractivity contribution in [3.63, 3.8) is 0 Å². The minimum absolute atomic E-state index is 0.0606. The SMILES string of the molecule is Cc1c(N([O-])[O-])cc(Cl)cc1N(O)O. The highest BCUT2D eigenvalue weighted by Crippen LogP contribution is 2.31. The van der Waals surface area contributed by atoms with Crippen LogP contribution in [0.1, 0.15) is 5.56 Å². The summed E-state index contributed by atoms with van der Waals surface area (Å²) >= 11 is 5.56. The number of halogens is 1. The highest BCUT2D eigenvalue weighted by Gasteiger charge is 2.09. The topological polar surface area (TPSA) is 93.1 Å². The monoisotopic (exact) mass is 218 g/mol. The number of rotatable bonds is 2. The minimum atomic E-state index is -0.645. The molecule has 0 aromatic heterocycles. The van der Waals surface area contributed by atoms with Crippen LogP contribution in [0.25, 0.3) is 0 Å². The van der Waals surface area contributed by atoms with Gasteiger partial charge < -0.3 is 15.6 Å². The Morgan fingerprint density at radius 1 is 1.21 bits per heavy atom. The third-order valence-corrected chi connectivity index (χ3v) is 1.95. The molecule has 0 fully saturated rings. The molecule has 0 amide bonds. The van der Waals surface area contributed by atoms with Crippen LogP contribution in [0.5, 0.6) is 0 Å². The van der Waals surface area contributed by atoms with Gasteiger partial charge in [-0.05, 0) is 24.6 Å². The van der Waals surface area contributed by atoms with Crippen LogP contribution in [0.2, 0.25) is 5.02 Å². The van der Waals surface area contributed by atoms with E-state index < -0.39 is 5.23 Å². The zero-order valence-electron chi connectivity index (χ0n) is 7.14. The molecule has 0 radical (unpaired) electrons. The van der Waals surface area contributed by atoms with Crippen LogP contribution in [-0.4, -0.2) is 10.4 Å². The first-order valence-corrected chi connectivity index (χ1v) is 3.93. The van der Waals surface area contributed by atoms with Gasteiger partial charge in [0.05, 0.1) is 0 Å². The maximum atomic E-state index is 10.5. The Bertz CT molecular complexity index is 313. The van der Waals surface area contributed by atoms with Crippen molar-refractivity contribution in [3.8, 4) is 0 Å². The summed E-state index contributed by atoms with van der Waals surface area (Å²) in [5.41, 5.74) is -0.255. The fourth-order valence-electron chi connectivity index (χ4n) is 1.05. The second-order valence-electron chi connectivity index (χ2n) is 2.62. The van der Waals surface area contributed by atoms with E-state index in [1.807, 2.05) is 0 Å². The number of benzene rings is 1. The van der Waals surface area contributed by atoms with E-state index in [4.69, 9.17) is 22.0 Å². The van der Waals surface area contributed by atoms with E-state index in [0.29, 0.717) is 0 Å². The van der Waals surface area contributed by atoms with Crippen molar-refractivity contribution in [3.05, 3.63) is 33.1 Å². The Kier molecular flexibility index (Phi) is 3.14. The molecule has 0 spiro atoms. The lowest BCUT2D eigenvalue weighted by Crippen LogP contribution is -2.14. The molecule has 1 rings (SSSR count). The molecule has 6 nitrogen and oxygen atoms in total. The van der Waals surface area contributed by atoms with Crippen molar-refractivity contribution in [2.24, 2.45) is 0 Å². The van der Waals surface area contributed by atoms with Gasteiger partial charge in [0, 0.05) is 10.7 Å². The van der Waals surface area contributed by atoms with Gasteiger partial charge in [-0.3, -0.25) is 10.4 Å². The molecule has 0 unspecified atom stereocenters. The first-order valence-electron chi connectivity index (χ1n) is 3.56. The fraction of sp³-hybridized carbons (Fsp3) is 0.143. The summed E-state index contributed by atoms with van der Waals surface area (Å²) in [6.45, 7) is 1.39. The van der Waals surface area contributed by atoms with Gasteiger partial charge in [0.15, 0.2) is 0 Å². The van der Waals surface area contributed by atoms with Gasteiger partial charge in [0.25, 0.3) is 0 Å². The lowest BCUT2D eigenvalue weighted by Gasteiger charge is -2.39. The van der Waals surface area contributed by atoms with Gasteiger partial charge in [-0.2, -0.15) is 0 Å². The highest BCUT2D eigenvalue weighted by atomic mass is 35.5. The molecule has 78 valence electrons. The molecule has 7 heteroatoms. The Morgan fingerprint density at radius 2 is 1.71 bits per heavy atom. The average molecular weight is 219 g/mol. The zero-order valence-corrected chi connectivity index (χ0v) is 7.89. The van der Waals surface area contributed by atoms with E-state index in [1.165, 1.54) is 13.0 Å². The summed E-state index contributed by atoms with van der Waals surface area (Å²) in [6.07, 6.45) is 0. The van der Waals surface area contributed by atoms with Crippen molar-refractivity contribution in [1.82, 2.24) is 0 Å². The van der Waals surface area contributed by atoms with Crippen molar-refractivity contribution >= 4 is 23.0 Å². The maximum Gasteiger partial charge on any atom is 0.101 e. The second kappa shape index (κ2) is 3.99. The van der Waals surface area contributed by atoms with Crippen LogP contribution in [0.4, 0.5) is 11.4 Å². The summed E-state index contributed by atoms with van der Waals surface area (Å²) in [7, 11) is 0. The number of nitrogens with zero attached hydrogens (tertiary/aromatic N) is 2. The number of anilines is 2. The molecule has 0 aliphatic carbocycles. The van der Waals surface area contributed by atoms with E-state index in [2.05, 4.69) is 0 Å². The van der Waals surface area contributed by atoms with E-state index in [1.54, 1.807) is 0 Å². The number of hydrogen-bond acceptors (Lipinski definition) is 6. The molecule has 0 saturated carbocycles. The molecule has 1 aromatic rings. The van der Waals surface area contributed by atoms with E-state index >= 15 is 0 Å². The summed E-state index contributed by atoms with van der Waals surface area (Å²) in [6, 6.07) is 2.35. The van der Waals surface area contributed by atoms with Crippen LogP contribution in [0, 0.1) is 17.3 Å². The van der Waals surface area contributed by atoms with Gasteiger partial charge >= 0.3 is 0 Å². The number of hydrogen-bond donors (Lipinski definition) is 2. The van der Waals surface area contributed by atoms with Gasteiger partial charge in [-0.25, -0.2) is 0 Å². The van der Waals surface area contributed by atoms with Crippen molar-refractivity contribution < 1.29 is 10.4 Å². The van der Waals surface area contributed by atoms with E-state index in [9.17, 15) is 10.4 Å². The van der Waals surface area contributed by atoms with Crippen LogP contribution in [0.15, 0.2) is 12.1 Å². The van der Waals surface area contributed by atoms with Gasteiger partial charge in [-0.15, -0.1) is 5.23 Å². The molecular weight excluding hydrogens is 212 g/mol. The highest BCUT2D eigenvalue weighted by molar-refractivity contribution is 6.31. The molecule has 0 aliphatic heterocycles. The molecule has 0 saturated heterocycles. The van der Waals surface area contributed by atoms with Crippen LogP contribution < -0.4 is 10.5 Å². The average Bonchev–Trinajstić information content (AvgIpc) is 2.07. The van der Waals surface area contributed by atoms with E-state index in [0.717, 1.165) is 6.07 Å². The standard InChI is InChI=1S/C7H7ClN2O4/c1-4-6(9(11)12)2-5(8)3-7(4)10(13)14/h2-3,11-12H,1H3/q-2. The predicted molar refractivity (Wildman–Crippen MR) is 51.5 cm³/mol. The molecule has 14 heavy (non-hydrogen) atoms. The van der Waals surface area contributed by atoms with Crippen LogP contribution in [0.3, 0.4) is 0 Å². The second-order valence-corrected chi connectivity index (χ2v) is 3.05. The molecule has 1 aromatic carbocycles. The quantitative estimate of drug-likeness (QED) is 0.738. The van der Waals surface area contributed by atoms with Crippen LogP contribution >= 0.6 is 11.6 Å². The summed E-state index contributed by atoms with van der Waals surface area (Å²) in [5.74, 6) is 0. The van der Waals surface area contributed by atoms with E-state index in [-0.39, 0.29) is 27.2 Å². The normalized spacial score (nSPS) is 10.1. The summed E-state index contributed by atoms with van der Waals surface area (Å²) in [5, 5.41) is 37.7. The van der Waals surface area contributed by atoms with Crippen molar-refractivity contribution in [2.75, 3.05) is 10.5 Å². The van der Waals surface area contributed by atoms with Crippen LogP contribution in [-0.2, 0) is 0 Å².